The Morgan fingerprint density at radius 2 is 2.00 bits per heavy atom. The summed E-state index contributed by atoms with van der Waals surface area (Å²) in [5, 5.41) is 5.98. The van der Waals surface area contributed by atoms with Crippen LogP contribution in [0, 0.1) is 0 Å². The van der Waals surface area contributed by atoms with Gasteiger partial charge in [-0.3, -0.25) is 9.59 Å². The monoisotopic (exact) mass is 257 g/mol. The Labute approximate surface area is 124 Å². The number of methoxy groups -OCH3 is 1. The second-order valence-electron chi connectivity index (χ2n) is 3.26. The van der Waals surface area contributed by atoms with Crippen molar-refractivity contribution in [1.82, 2.24) is 15.0 Å². The molecule has 0 aliphatic rings. The molecule has 7 nitrogen and oxygen atoms in total. The molecule has 3 N–H and O–H groups in total. The molecule has 1 radical (unpaired) electrons. The predicted octanol–water partition coefficient (Wildman–Crippen LogP) is -0.713. The number of hydrogen-bond acceptors (Lipinski definition) is 4. The van der Waals surface area contributed by atoms with Gasteiger partial charge in [0, 0.05) is 29.6 Å². The van der Waals surface area contributed by atoms with Gasteiger partial charge < -0.3 is 10.5 Å². The van der Waals surface area contributed by atoms with Crippen LogP contribution in [-0.2, 0) is 0 Å². The molecule has 0 spiro atoms. The first kappa shape index (κ1) is 14.5. The van der Waals surface area contributed by atoms with Gasteiger partial charge in [0.05, 0.1) is 12.8 Å². The fraction of sp³-hybridized carbons (Fsp3) is 0.100. The molecule has 0 aliphatic carbocycles. The van der Waals surface area contributed by atoms with Gasteiger partial charge in [0.25, 0.3) is 5.91 Å². The number of primary amides is 1. The first-order valence-corrected chi connectivity index (χ1v) is 4.75. The second-order valence-corrected chi connectivity index (χ2v) is 3.26. The number of nitrogens with zero attached hydrogens (tertiary/aromatic N) is 2. The maximum absolute atomic E-state index is 11.7. The van der Waals surface area contributed by atoms with Gasteiger partial charge in [-0.1, -0.05) is 0 Å². The first-order valence-electron chi connectivity index (χ1n) is 4.75. The van der Waals surface area contributed by atoms with Gasteiger partial charge in [-0.2, -0.15) is 0 Å². The zero-order chi connectivity index (χ0) is 12.4. The summed E-state index contributed by atoms with van der Waals surface area (Å²) in [6, 6.07) is 6.69. The molecule has 2 aromatic rings. The van der Waals surface area contributed by atoms with Gasteiger partial charge >= 0.3 is 5.56 Å². The second kappa shape index (κ2) is 5.85. The summed E-state index contributed by atoms with van der Waals surface area (Å²) in [7, 11) is 1.54. The van der Waals surface area contributed by atoms with Crippen molar-refractivity contribution in [3.8, 4) is 11.4 Å². The topological polar surface area (TPSA) is 103 Å². The third-order valence-electron chi connectivity index (χ3n) is 2.23. The summed E-state index contributed by atoms with van der Waals surface area (Å²) in [6.45, 7) is 0. The molecule has 89 valence electrons. The van der Waals surface area contributed by atoms with Crippen molar-refractivity contribution in [2.45, 2.75) is 0 Å². The van der Waals surface area contributed by atoms with E-state index in [-0.39, 0.29) is 35.3 Å². The van der Waals surface area contributed by atoms with E-state index < -0.39 is 11.5 Å². The number of H-pyrrole nitrogens is 1. The summed E-state index contributed by atoms with van der Waals surface area (Å²) in [5.74, 6) is -0.199. The molecule has 0 unspecified atom stereocenters. The fourth-order valence-electron chi connectivity index (χ4n) is 1.37. The van der Waals surface area contributed by atoms with Crippen molar-refractivity contribution in [2.75, 3.05) is 7.11 Å². The molecule has 0 bridgehead atoms. The van der Waals surface area contributed by atoms with E-state index in [0.29, 0.717) is 11.4 Å². The Kier molecular flexibility index (Phi) is 4.71. The summed E-state index contributed by atoms with van der Waals surface area (Å²) in [4.78, 5) is 22.6. The minimum Gasteiger partial charge on any atom is -0.497 e. The minimum atomic E-state index is -0.862. The molecule has 0 aliphatic heterocycles. The SMILES string of the molecule is COc1ccc(-n2[nH]nc(C(N)=O)c2=O)cc1.[Na]. The quantitative estimate of drug-likeness (QED) is 0.709. The Hall–Kier alpha value is -1.57. The largest absolute Gasteiger partial charge is 0.497 e. The minimum absolute atomic E-state index is 0. The zero-order valence-corrected chi connectivity index (χ0v) is 12.0. The van der Waals surface area contributed by atoms with Crippen LogP contribution in [0.2, 0.25) is 0 Å². The first-order chi connectivity index (χ1) is 8.13. The normalized spacial score (nSPS) is 9.61. The van der Waals surface area contributed by atoms with Gasteiger partial charge in [-0.15, -0.1) is 5.10 Å². The Bertz CT molecular complexity index is 602. The van der Waals surface area contributed by atoms with Crippen LogP contribution in [0.1, 0.15) is 10.5 Å². The van der Waals surface area contributed by atoms with Gasteiger partial charge in [0.1, 0.15) is 5.75 Å². The van der Waals surface area contributed by atoms with Crippen LogP contribution in [0.25, 0.3) is 5.69 Å². The molecule has 1 aromatic heterocycles. The van der Waals surface area contributed by atoms with Crippen LogP contribution in [0.4, 0.5) is 0 Å². The van der Waals surface area contributed by atoms with Crippen molar-refractivity contribution >= 4 is 35.5 Å². The van der Waals surface area contributed by atoms with Crippen molar-refractivity contribution < 1.29 is 9.53 Å². The van der Waals surface area contributed by atoms with Crippen LogP contribution < -0.4 is 16.0 Å². The number of carbonyl (C=O) groups excluding carboxylic acids is 1. The number of carbonyl (C=O) groups is 1. The van der Waals surface area contributed by atoms with Crippen LogP contribution >= 0.6 is 0 Å². The number of nitrogens with two attached hydrogens (primary N) is 1. The average Bonchev–Trinajstić information content (AvgIpc) is 2.71. The number of hydrogen-bond donors (Lipinski definition) is 2. The summed E-state index contributed by atoms with van der Waals surface area (Å²) >= 11 is 0. The maximum Gasteiger partial charge on any atom is 0.304 e. The molecule has 0 saturated heterocycles. The number of ether oxygens (including phenoxy) is 1. The number of rotatable bonds is 3. The van der Waals surface area contributed by atoms with Gasteiger partial charge in [0.2, 0.25) is 5.69 Å². The van der Waals surface area contributed by atoms with E-state index in [2.05, 4.69) is 10.3 Å². The number of aromatic nitrogens is 3. The van der Waals surface area contributed by atoms with Crippen molar-refractivity contribution in [2.24, 2.45) is 5.73 Å². The van der Waals surface area contributed by atoms with Crippen molar-refractivity contribution in [3.05, 3.63) is 40.3 Å². The van der Waals surface area contributed by atoms with Gasteiger partial charge in [-0.25, -0.2) is 9.90 Å². The number of aromatic amines is 1. The van der Waals surface area contributed by atoms with E-state index in [0.717, 1.165) is 4.68 Å². The van der Waals surface area contributed by atoms with Crippen LogP contribution in [0.5, 0.6) is 5.75 Å². The van der Waals surface area contributed by atoms with E-state index in [4.69, 9.17) is 10.5 Å². The fourth-order valence-corrected chi connectivity index (χ4v) is 1.37. The molecule has 0 fully saturated rings. The molecule has 8 heteroatoms. The van der Waals surface area contributed by atoms with Gasteiger partial charge in [0.15, 0.2) is 0 Å². The van der Waals surface area contributed by atoms with Crippen LogP contribution in [0.3, 0.4) is 0 Å². The molecular formula is C10H10N4NaO3. The number of nitrogens with one attached hydrogen (secondary N) is 1. The molecule has 0 saturated carbocycles. The van der Waals surface area contributed by atoms with E-state index in [9.17, 15) is 9.59 Å². The summed E-state index contributed by atoms with van der Waals surface area (Å²) in [6.07, 6.45) is 0. The molecule has 0 atom stereocenters. The third-order valence-corrected chi connectivity index (χ3v) is 2.23. The van der Waals surface area contributed by atoms with Crippen LogP contribution in [-0.4, -0.2) is 57.6 Å². The predicted molar refractivity (Wildman–Crippen MR) is 65.0 cm³/mol. The average molecular weight is 257 g/mol. The van der Waals surface area contributed by atoms with E-state index in [1.807, 2.05) is 0 Å². The van der Waals surface area contributed by atoms with E-state index >= 15 is 0 Å². The molecule has 2 rings (SSSR count). The van der Waals surface area contributed by atoms with Crippen LogP contribution in [0.15, 0.2) is 29.1 Å². The zero-order valence-electron chi connectivity index (χ0n) is 10.0. The standard InChI is InChI=1S/C10H10N4O3.Na/c1-17-7-4-2-6(3-5-7)14-10(16)8(9(11)15)12-13-14;/h2-5,13H,1H3,(H2,11,15);. The summed E-state index contributed by atoms with van der Waals surface area (Å²) < 4.78 is 6.12. The summed E-state index contributed by atoms with van der Waals surface area (Å²) in [5.41, 5.74) is 4.64. The molecule has 18 heavy (non-hydrogen) atoms. The Balaban J connectivity index is 0.00000162. The van der Waals surface area contributed by atoms with Gasteiger partial charge in [-0.05, 0) is 24.3 Å². The molecule has 1 aromatic carbocycles. The number of amides is 1. The molecule has 1 heterocycles. The van der Waals surface area contributed by atoms with Crippen molar-refractivity contribution in [3.63, 3.8) is 0 Å². The maximum atomic E-state index is 11.7. The number of benzene rings is 1. The smallest absolute Gasteiger partial charge is 0.304 e. The third kappa shape index (κ3) is 2.63. The Morgan fingerprint density at radius 1 is 1.39 bits per heavy atom. The molecular weight excluding hydrogens is 247 g/mol. The Morgan fingerprint density at radius 3 is 2.44 bits per heavy atom. The molecule has 1 amide bonds. The van der Waals surface area contributed by atoms with E-state index in [1.54, 1.807) is 31.4 Å². The van der Waals surface area contributed by atoms with E-state index in [1.165, 1.54) is 0 Å². The van der Waals surface area contributed by atoms with Crippen molar-refractivity contribution in [1.29, 1.82) is 0 Å².